The lowest BCUT2D eigenvalue weighted by molar-refractivity contribution is 0.669. The molecule has 0 bridgehead atoms. The van der Waals surface area contributed by atoms with Crippen LogP contribution in [-0.4, -0.2) is 9.97 Å². The number of benzene rings is 6. The Balaban J connectivity index is 1.37. The Labute approximate surface area is 237 Å². The minimum absolute atomic E-state index is 0.676. The van der Waals surface area contributed by atoms with E-state index in [1.165, 1.54) is 10.8 Å². The van der Waals surface area contributed by atoms with Crippen molar-refractivity contribution in [3.05, 3.63) is 146 Å². The van der Waals surface area contributed by atoms with Crippen molar-refractivity contribution in [2.45, 2.75) is 0 Å². The normalized spacial score (nSPS) is 11.4. The minimum Gasteiger partial charge on any atom is -0.456 e. The van der Waals surface area contributed by atoms with Gasteiger partial charge in [0.25, 0.3) is 0 Å². The van der Waals surface area contributed by atoms with Crippen molar-refractivity contribution in [2.75, 3.05) is 0 Å². The first-order valence-corrected chi connectivity index (χ1v) is 13.8. The van der Waals surface area contributed by atoms with Gasteiger partial charge in [-0.2, -0.15) is 0 Å². The molecule has 3 nitrogen and oxygen atoms in total. The van der Waals surface area contributed by atoms with Gasteiger partial charge in [0.1, 0.15) is 11.2 Å². The molecule has 0 aliphatic rings. The molecule has 0 radical (unpaired) electrons. The van der Waals surface area contributed by atoms with Gasteiger partial charge in [-0.1, -0.05) is 121 Å². The standard InChI is InChI=1S/C38H24N2O/c1-3-11-25(12-4-1)28-21-22-31-36(23-28)41-35-20-10-19-32(37(31)35)38-39-33(27-14-5-2-6-15-27)24-34(40-38)30-18-9-16-26-13-7-8-17-29(26)30/h1-24H. The molecule has 0 unspecified atom stereocenters. The summed E-state index contributed by atoms with van der Waals surface area (Å²) < 4.78 is 6.41. The molecule has 8 rings (SSSR count). The van der Waals surface area contributed by atoms with Crippen molar-refractivity contribution >= 4 is 32.7 Å². The minimum atomic E-state index is 0.676. The summed E-state index contributed by atoms with van der Waals surface area (Å²) in [6, 6.07) is 50.2. The highest BCUT2D eigenvalue weighted by Crippen LogP contribution is 2.39. The van der Waals surface area contributed by atoms with E-state index in [9.17, 15) is 0 Å². The molecule has 0 aliphatic carbocycles. The number of furan rings is 1. The highest BCUT2D eigenvalue weighted by molar-refractivity contribution is 6.12. The summed E-state index contributed by atoms with van der Waals surface area (Å²) in [5, 5.41) is 4.43. The fourth-order valence-electron chi connectivity index (χ4n) is 5.73. The molecule has 0 N–H and O–H groups in total. The molecule has 2 aromatic heterocycles. The van der Waals surface area contributed by atoms with Crippen molar-refractivity contribution in [1.82, 2.24) is 9.97 Å². The van der Waals surface area contributed by atoms with Gasteiger partial charge < -0.3 is 4.42 Å². The number of rotatable bonds is 4. The quantitative estimate of drug-likeness (QED) is 0.230. The summed E-state index contributed by atoms with van der Waals surface area (Å²) >= 11 is 0. The molecule has 2 heterocycles. The Bertz CT molecular complexity index is 2190. The van der Waals surface area contributed by atoms with E-state index in [0.717, 1.165) is 61.1 Å². The maximum Gasteiger partial charge on any atom is 0.161 e. The number of hydrogen-bond donors (Lipinski definition) is 0. The average Bonchev–Trinajstić information content (AvgIpc) is 3.43. The van der Waals surface area contributed by atoms with E-state index < -0.39 is 0 Å². The average molecular weight is 525 g/mol. The summed E-state index contributed by atoms with van der Waals surface area (Å²) in [4.78, 5) is 10.3. The first-order valence-electron chi connectivity index (χ1n) is 13.8. The molecule has 0 saturated carbocycles. The van der Waals surface area contributed by atoms with Crippen molar-refractivity contribution in [2.24, 2.45) is 0 Å². The van der Waals surface area contributed by atoms with E-state index in [1.807, 2.05) is 36.4 Å². The molecule has 0 fully saturated rings. The first kappa shape index (κ1) is 23.4. The van der Waals surface area contributed by atoms with E-state index in [2.05, 4.69) is 109 Å². The van der Waals surface area contributed by atoms with E-state index in [0.29, 0.717) is 5.82 Å². The number of nitrogens with zero attached hydrogens (tertiary/aromatic N) is 2. The number of fused-ring (bicyclic) bond motifs is 4. The van der Waals surface area contributed by atoms with Crippen LogP contribution in [0, 0.1) is 0 Å². The van der Waals surface area contributed by atoms with Crippen LogP contribution in [0.4, 0.5) is 0 Å². The van der Waals surface area contributed by atoms with Crippen LogP contribution < -0.4 is 0 Å². The molecule has 0 saturated heterocycles. The number of aromatic nitrogens is 2. The van der Waals surface area contributed by atoms with Gasteiger partial charge in [0.2, 0.25) is 0 Å². The zero-order valence-electron chi connectivity index (χ0n) is 22.2. The molecule has 6 aromatic carbocycles. The lowest BCUT2D eigenvalue weighted by atomic mass is 9.99. The van der Waals surface area contributed by atoms with Crippen molar-refractivity contribution < 1.29 is 4.42 Å². The molecule has 0 aliphatic heterocycles. The van der Waals surface area contributed by atoms with Crippen LogP contribution in [0.25, 0.3) is 77.7 Å². The molecule has 0 atom stereocenters. The second-order valence-corrected chi connectivity index (χ2v) is 10.2. The summed E-state index contributed by atoms with van der Waals surface area (Å²) in [6.07, 6.45) is 0. The SMILES string of the molecule is c1ccc(-c2ccc3c(c2)oc2cccc(-c4nc(-c5ccccc5)cc(-c5cccc6ccccc56)n4)c23)cc1. The second-order valence-electron chi connectivity index (χ2n) is 10.2. The van der Waals surface area contributed by atoms with Crippen molar-refractivity contribution in [3.8, 4) is 45.0 Å². The van der Waals surface area contributed by atoms with Gasteiger partial charge in [-0.15, -0.1) is 0 Å². The third kappa shape index (κ3) is 4.07. The number of hydrogen-bond acceptors (Lipinski definition) is 3. The third-order valence-corrected chi connectivity index (χ3v) is 7.71. The van der Waals surface area contributed by atoms with Crippen LogP contribution in [-0.2, 0) is 0 Å². The van der Waals surface area contributed by atoms with Crippen LogP contribution in [0.3, 0.4) is 0 Å². The Morgan fingerprint density at radius 1 is 0.415 bits per heavy atom. The van der Waals surface area contributed by atoms with Crippen LogP contribution in [0.15, 0.2) is 150 Å². The van der Waals surface area contributed by atoms with E-state index >= 15 is 0 Å². The monoisotopic (exact) mass is 524 g/mol. The zero-order valence-corrected chi connectivity index (χ0v) is 22.2. The Morgan fingerprint density at radius 2 is 1.10 bits per heavy atom. The van der Waals surface area contributed by atoms with E-state index in [-0.39, 0.29) is 0 Å². The maximum atomic E-state index is 6.41. The van der Waals surface area contributed by atoms with Crippen LogP contribution in [0.2, 0.25) is 0 Å². The van der Waals surface area contributed by atoms with Gasteiger partial charge in [-0.25, -0.2) is 9.97 Å². The Kier molecular flexibility index (Phi) is 5.46. The second kappa shape index (κ2) is 9.58. The van der Waals surface area contributed by atoms with Gasteiger partial charge in [-0.3, -0.25) is 0 Å². The lowest BCUT2D eigenvalue weighted by Gasteiger charge is -2.12. The van der Waals surface area contributed by atoms with Crippen LogP contribution >= 0.6 is 0 Å². The molecule has 3 heteroatoms. The fourth-order valence-corrected chi connectivity index (χ4v) is 5.73. The summed E-state index contributed by atoms with van der Waals surface area (Å²) in [5.41, 5.74) is 8.82. The van der Waals surface area contributed by atoms with Crippen LogP contribution in [0.5, 0.6) is 0 Å². The predicted octanol–water partition coefficient (Wildman–Crippen LogP) is 10.2. The molecule has 192 valence electrons. The maximum absolute atomic E-state index is 6.41. The zero-order chi connectivity index (χ0) is 27.2. The molecule has 0 amide bonds. The molecular weight excluding hydrogens is 500 g/mol. The molecule has 0 spiro atoms. The Morgan fingerprint density at radius 3 is 1.95 bits per heavy atom. The van der Waals surface area contributed by atoms with Gasteiger partial charge in [0, 0.05) is 27.5 Å². The Hall–Kier alpha value is -5.54. The third-order valence-electron chi connectivity index (χ3n) is 7.71. The highest BCUT2D eigenvalue weighted by atomic mass is 16.3. The van der Waals surface area contributed by atoms with Gasteiger partial charge >= 0.3 is 0 Å². The van der Waals surface area contributed by atoms with Crippen molar-refractivity contribution in [1.29, 1.82) is 0 Å². The summed E-state index contributed by atoms with van der Waals surface area (Å²) in [6.45, 7) is 0. The lowest BCUT2D eigenvalue weighted by Crippen LogP contribution is -1.96. The fraction of sp³-hybridized carbons (Fsp3) is 0. The van der Waals surface area contributed by atoms with Gasteiger partial charge in [0.05, 0.1) is 11.4 Å². The predicted molar refractivity (Wildman–Crippen MR) is 169 cm³/mol. The molecule has 41 heavy (non-hydrogen) atoms. The summed E-state index contributed by atoms with van der Waals surface area (Å²) in [7, 11) is 0. The smallest absolute Gasteiger partial charge is 0.161 e. The van der Waals surface area contributed by atoms with Crippen molar-refractivity contribution in [3.63, 3.8) is 0 Å². The largest absolute Gasteiger partial charge is 0.456 e. The van der Waals surface area contributed by atoms with Gasteiger partial charge in [-0.05, 0) is 46.2 Å². The topological polar surface area (TPSA) is 38.9 Å². The van der Waals surface area contributed by atoms with Crippen LogP contribution in [0.1, 0.15) is 0 Å². The van der Waals surface area contributed by atoms with E-state index in [4.69, 9.17) is 14.4 Å². The van der Waals surface area contributed by atoms with Gasteiger partial charge in [0.15, 0.2) is 5.82 Å². The first-order chi connectivity index (χ1) is 20.3. The summed E-state index contributed by atoms with van der Waals surface area (Å²) in [5.74, 6) is 0.676. The molecule has 8 aromatic rings. The highest BCUT2D eigenvalue weighted by Gasteiger charge is 2.18. The molecular formula is C38H24N2O. The van der Waals surface area contributed by atoms with E-state index in [1.54, 1.807) is 0 Å².